The molecule has 0 atom stereocenters. The van der Waals surface area contributed by atoms with Gasteiger partial charge in [0.25, 0.3) is 0 Å². The molecule has 0 radical (unpaired) electrons. The van der Waals surface area contributed by atoms with Gasteiger partial charge < -0.3 is 4.74 Å². The molecule has 1 aromatic heterocycles. The number of halogens is 1. The van der Waals surface area contributed by atoms with Crippen LogP contribution in [0.15, 0.2) is 16.2 Å². The highest BCUT2D eigenvalue weighted by Gasteiger charge is 2.17. The van der Waals surface area contributed by atoms with Crippen molar-refractivity contribution < 1.29 is 4.74 Å². The van der Waals surface area contributed by atoms with Crippen molar-refractivity contribution in [3.8, 4) is 5.88 Å². The molecule has 0 amide bonds. The lowest BCUT2D eigenvalue weighted by Crippen LogP contribution is -1.95. The first-order chi connectivity index (χ1) is 6.22. The Balaban J connectivity index is 2.60. The predicted molar refractivity (Wildman–Crippen MR) is 55.8 cm³/mol. The molecule has 0 aliphatic heterocycles. The molecule has 1 aromatic rings. The minimum atomic E-state index is 0.742. The first-order valence-corrected chi connectivity index (χ1v) is 4.90. The quantitative estimate of drug-likeness (QED) is 0.752. The molecule has 2 nitrogen and oxygen atoms in total. The molecule has 0 bridgehead atoms. The van der Waals surface area contributed by atoms with E-state index in [4.69, 9.17) is 4.74 Å². The van der Waals surface area contributed by atoms with Crippen LogP contribution in [0.5, 0.6) is 5.88 Å². The number of allylic oxidation sites excluding steroid dienone is 1. The maximum atomic E-state index is 5.20. The van der Waals surface area contributed by atoms with Crippen molar-refractivity contribution in [1.82, 2.24) is 4.98 Å². The number of hydrogen-bond acceptors (Lipinski definition) is 2. The molecule has 0 N–H and O–H groups in total. The van der Waals surface area contributed by atoms with Crippen molar-refractivity contribution in [2.24, 2.45) is 0 Å². The van der Waals surface area contributed by atoms with Gasteiger partial charge in [-0.05, 0) is 34.8 Å². The van der Waals surface area contributed by atoms with Gasteiger partial charge >= 0.3 is 0 Å². The van der Waals surface area contributed by atoms with Gasteiger partial charge in [-0.3, -0.25) is 0 Å². The highest BCUT2D eigenvalue weighted by Crippen LogP contribution is 2.35. The minimum Gasteiger partial charge on any atom is -0.481 e. The lowest BCUT2D eigenvalue weighted by molar-refractivity contribution is 0.393. The van der Waals surface area contributed by atoms with E-state index in [-0.39, 0.29) is 0 Å². The Morgan fingerprint density at radius 1 is 1.54 bits per heavy atom. The second-order valence-corrected chi connectivity index (χ2v) is 4.03. The van der Waals surface area contributed by atoms with E-state index in [9.17, 15) is 0 Å². The van der Waals surface area contributed by atoms with Crippen molar-refractivity contribution >= 4 is 22.0 Å². The first-order valence-electron chi connectivity index (χ1n) is 4.11. The van der Waals surface area contributed by atoms with Crippen LogP contribution in [0.1, 0.15) is 18.1 Å². The topological polar surface area (TPSA) is 22.1 Å². The van der Waals surface area contributed by atoms with Crippen LogP contribution in [0.4, 0.5) is 0 Å². The fourth-order valence-corrected chi connectivity index (χ4v) is 2.06. The average Bonchev–Trinajstić information content (AvgIpc) is 2.48. The van der Waals surface area contributed by atoms with Crippen LogP contribution in [0, 0.1) is 0 Å². The van der Waals surface area contributed by atoms with Crippen molar-refractivity contribution in [3.63, 3.8) is 0 Å². The van der Waals surface area contributed by atoms with Crippen molar-refractivity contribution in [2.75, 3.05) is 7.11 Å². The molecule has 3 heteroatoms. The van der Waals surface area contributed by atoms with Gasteiger partial charge in [-0.25, -0.2) is 4.98 Å². The number of pyridine rings is 1. The zero-order valence-electron chi connectivity index (χ0n) is 7.60. The summed E-state index contributed by atoms with van der Waals surface area (Å²) < 4.78 is 6.24. The van der Waals surface area contributed by atoms with Gasteiger partial charge in [0.1, 0.15) is 0 Å². The van der Waals surface area contributed by atoms with Gasteiger partial charge in [0.05, 0.1) is 7.11 Å². The Bertz CT molecular complexity index is 385. The highest BCUT2D eigenvalue weighted by molar-refractivity contribution is 9.10. The average molecular weight is 240 g/mol. The van der Waals surface area contributed by atoms with Crippen LogP contribution in [0.3, 0.4) is 0 Å². The van der Waals surface area contributed by atoms with Gasteiger partial charge in [-0.1, -0.05) is 11.6 Å². The first kappa shape index (κ1) is 8.75. The molecule has 0 aromatic carbocycles. The van der Waals surface area contributed by atoms with Crippen LogP contribution in [0.2, 0.25) is 0 Å². The molecule has 1 aliphatic rings. The number of aromatic nitrogens is 1. The molecular formula is C10H10BrNO. The fourth-order valence-electron chi connectivity index (χ4n) is 1.60. The summed E-state index contributed by atoms with van der Waals surface area (Å²) >= 11 is 3.48. The van der Waals surface area contributed by atoms with E-state index in [0.717, 1.165) is 16.8 Å². The summed E-state index contributed by atoms with van der Waals surface area (Å²) in [7, 11) is 1.66. The lowest BCUT2D eigenvalue weighted by Gasteiger charge is -2.06. The smallest absolute Gasteiger partial charge is 0.217 e. The van der Waals surface area contributed by atoms with Gasteiger partial charge in [0.2, 0.25) is 5.88 Å². The molecule has 68 valence electrons. The summed E-state index contributed by atoms with van der Waals surface area (Å²) in [5, 5.41) is 0. The normalized spacial score (nSPS) is 13.9. The number of methoxy groups -OCH3 is 1. The monoisotopic (exact) mass is 239 g/mol. The van der Waals surface area contributed by atoms with E-state index in [0.29, 0.717) is 0 Å². The second-order valence-electron chi connectivity index (χ2n) is 3.18. The van der Waals surface area contributed by atoms with Crippen LogP contribution >= 0.6 is 15.9 Å². The number of fused-ring (bicyclic) bond motifs is 1. The van der Waals surface area contributed by atoms with E-state index < -0.39 is 0 Å². The van der Waals surface area contributed by atoms with Gasteiger partial charge in [-0.2, -0.15) is 0 Å². The minimum absolute atomic E-state index is 0.742. The summed E-state index contributed by atoms with van der Waals surface area (Å²) in [4.78, 5) is 4.20. The third-order valence-corrected chi connectivity index (χ3v) is 2.81. The van der Waals surface area contributed by atoms with Crippen molar-refractivity contribution in [3.05, 3.63) is 27.4 Å². The molecule has 1 heterocycles. The van der Waals surface area contributed by atoms with E-state index in [1.54, 1.807) is 13.3 Å². The Kier molecular flexibility index (Phi) is 2.12. The number of nitrogens with zero attached hydrogens (tertiary/aromatic N) is 1. The molecule has 0 saturated carbocycles. The molecule has 1 aliphatic carbocycles. The molecule has 13 heavy (non-hydrogen) atoms. The third kappa shape index (κ3) is 1.37. The molecule has 2 rings (SSSR count). The summed E-state index contributed by atoms with van der Waals surface area (Å²) in [6.45, 7) is 2.12. The summed E-state index contributed by atoms with van der Waals surface area (Å²) in [5.41, 5.74) is 3.75. The zero-order chi connectivity index (χ0) is 9.42. The maximum Gasteiger partial charge on any atom is 0.217 e. The van der Waals surface area contributed by atoms with E-state index in [1.165, 1.54) is 16.7 Å². The number of ether oxygens (including phenoxy) is 1. The van der Waals surface area contributed by atoms with Crippen molar-refractivity contribution in [2.45, 2.75) is 13.3 Å². The highest BCUT2D eigenvalue weighted by atomic mass is 79.9. The Hall–Kier alpha value is -0.830. The Labute approximate surface area is 85.8 Å². The number of rotatable bonds is 1. The summed E-state index contributed by atoms with van der Waals surface area (Å²) in [5.74, 6) is 0.742. The van der Waals surface area contributed by atoms with E-state index in [2.05, 4.69) is 33.9 Å². The van der Waals surface area contributed by atoms with E-state index >= 15 is 0 Å². The van der Waals surface area contributed by atoms with Crippen LogP contribution in [-0.4, -0.2) is 12.1 Å². The largest absolute Gasteiger partial charge is 0.481 e. The lowest BCUT2D eigenvalue weighted by atomic mass is 10.1. The zero-order valence-corrected chi connectivity index (χ0v) is 9.18. The van der Waals surface area contributed by atoms with Crippen LogP contribution in [0.25, 0.3) is 6.08 Å². The Morgan fingerprint density at radius 3 is 3.00 bits per heavy atom. The standard InChI is InChI=1S/C10H10BrNO/c1-6-3-7-8(4-6)10(13-2)12-5-9(7)11/h3,5H,4H2,1-2H3. The molecule has 0 unspecified atom stereocenters. The summed E-state index contributed by atoms with van der Waals surface area (Å²) in [6, 6.07) is 0. The third-order valence-electron chi connectivity index (χ3n) is 2.18. The van der Waals surface area contributed by atoms with Crippen LogP contribution in [-0.2, 0) is 6.42 Å². The van der Waals surface area contributed by atoms with Gasteiger partial charge in [0, 0.05) is 16.2 Å². The van der Waals surface area contributed by atoms with Crippen molar-refractivity contribution in [1.29, 1.82) is 0 Å². The molecular weight excluding hydrogens is 230 g/mol. The van der Waals surface area contributed by atoms with Crippen LogP contribution < -0.4 is 4.74 Å². The number of hydrogen-bond donors (Lipinski definition) is 0. The SMILES string of the molecule is COc1ncc(Br)c2c1CC(C)=C2. The second kappa shape index (κ2) is 3.14. The molecule has 0 fully saturated rings. The summed E-state index contributed by atoms with van der Waals surface area (Å²) in [6.07, 6.45) is 4.90. The fraction of sp³-hybridized carbons (Fsp3) is 0.300. The molecule has 0 saturated heterocycles. The van der Waals surface area contributed by atoms with Gasteiger partial charge in [0.15, 0.2) is 0 Å². The predicted octanol–water partition coefficient (Wildman–Crippen LogP) is 2.81. The van der Waals surface area contributed by atoms with Gasteiger partial charge in [-0.15, -0.1) is 0 Å². The van der Waals surface area contributed by atoms with E-state index in [1.807, 2.05) is 0 Å². The molecule has 0 spiro atoms. The Morgan fingerprint density at radius 2 is 2.31 bits per heavy atom. The maximum absolute atomic E-state index is 5.20.